The lowest BCUT2D eigenvalue weighted by Gasteiger charge is -2.10. The fourth-order valence-electron chi connectivity index (χ4n) is 1.54. The summed E-state index contributed by atoms with van der Waals surface area (Å²) in [4.78, 5) is 3.95. The van der Waals surface area contributed by atoms with Crippen LogP contribution in [-0.2, 0) is 6.61 Å². The number of pyridine rings is 1. The van der Waals surface area contributed by atoms with Gasteiger partial charge < -0.3 is 9.84 Å². The van der Waals surface area contributed by atoms with Crippen molar-refractivity contribution in [3.8, 4) is 11.5 Å². The van der Waals surface area contributed by atoms with Crippen LogP contribution in [0.15, 0.2) is 36.7 Å². The van der Waals surface area contributed by atoms with Gasteiger partial charge in [-0.2, -0.15) is 0 Å². The largest absolute Gasteiger partial charge is 0.457 e. The first kappa shape index (κ1) is 11.6. The zero-order valence-corrected chi connectivity index (χ0v) is 9.97. The van der Waals surface area contributed by atoms with Crippen molar-refractivity contribution in [2.75, 3.05) is 0 Å². The molecule has 0 aliphatic heterocycles. The molecule has 0 saturated heterocycles. The Bertz CT molecular complexity index is 523. The SMILES string of the molecule is Cc1ccc(Oc2ccncc2CO)cc1C. The van der Waals surface area contributed by atoms with Gasteiger partial charge in [-0.25, -0.2) is 0 Å². The highest BCUT2D eigenvalue weighted by Crippen LogP contribution is 2.26. The van der Waals surface area contributed by atoms with Crippen LogP contribution < -0.4 is 4.74 Å². The van der Waals surface area contributed by atoms with Crippen molar-refractivity contribution in [1.29, 1.82) is 0 Å². The van der Waals surface area contributed by atoms with Gasteiger partial charge in [0.1, 0.15) is 11.5 Å². The summed E-state index contributed by atoms with van der Waals surface area (Å²) in [5, 5.41) is 9.18. The average molecular weight is 229 g/mol. The number of hydrogen-bond donors (Lipinski definition) is 1. The lowest BCUT2D eigenvalue weighted by Crippen LogP contribution is -1.93. The molecule has 2 rings (SSSR count). The summed E-state index contributed by atoms with van der Waals surface area (Å²) in [5.41, 5.74) is 3.10. The third-order valence-corrected chi connectivity index (χ3v) is 2.74. The molecule has 0 atom stereocenters. The molecular formula is C14H15NO2. The van der Waals surface area contributed by atoms with Crippen molar-refractivity contribution in [1.82, 2.24) is 4.98 Å². The number of aromatic nitrogens is 1. The molecule has 3 heteroatoms. The van der Waals surface area contributed by atoms with Crippen LogP contribution in [0.1, 0.15) is 16.7 Å². The van der Waals surface area contributed by atoms with Crippen LogP contribution in [0.5, 0.6) is 11.5 Å². The van der Waals surface area contributed by atoms with Crippen LogP contribution in [0.2, 0.25) is 0 Å². The maximum Gasteiger partial charge on any atom is 0.136 e. The van der Waals surface area contributed by atoms with Gasteiger partial charge in [-0.3, -0.25) is 4.98 Å². The molecule has 1 heterocycles. The summed E-state index contributed by atoms with van der Waals surface area (Å²) in [6.45, 7) is 4.03. The highest BCUT2D eigenvalue weighted by molar-refractivity contribution is 5.39. The van der Waals surface area contributed by atoms with Crippen LogP contribution in [0.4, 0.5) is 0 Å². The number of aryl methyl sites for hydroxylation is 2. The van der Waals surface area contributed by atoms with Crippen LogP contribution in [0, 0.1) is 13.8 Å². The van der Waals surface area contributed by atoms with Crippen LogP contribution in [0.3, 0.4) is 0 Å². The van der Waals surface area contributed by atoms with Crippen molar-refractivity contribution < 1.29 is 9.84 Å². The number of ether oxygens (including phenoxy) is 1. The third-order valence-electron chi connectivity index (χ3n) is 2.74. The molecule has 17 heavy (non-hydrogen) atoms. The van der Waals surface area contributed by atoms with Gasteiger partial charge in [0.2, 0.25) is 0 Å². The molecule has 0 unspecified atom stereocenters. The second kappa shape index (κ2) is 4.97. The maximum absolute atomic E-state index is 9.18. The summed E-state index contributed by atoms with van der Waals surface area (Å²) in [7, 11) is 0. The number of aliphatic hydroxyl groups is 1. The molecule has 0 spiro atoms. The Morgan fingerprint density at radius 3 is 2.71 bits per heavy atom. The summed E-state index contributed by atoms with van der Waals surface area (Å²) < 4.78 is 5.74. The molecule has 0 aliphatic rings. The highest BCUT2D eigenvalue weighted by Gasteiger charge is 2.04. The molecule has 0 radical (unpaired) electrons. The minimum Gasteiger partial charge on any atom is -0.457 e. The minimum absolute atomic E-state index is 0.0754. The Kier molecular flexibility index (Phi) is 3.40. The van der Waals surface area contributed by atoms with E-state index in [-0.39, 0.29) is 6.61 Å². The summed E-state index contributed by atoms with van der Waals surface area (Å²) in [6, 6.07) is 7.67. The molecule has 3 nitrogen and oxygen atoms in total. The first-order chi connectivity index (χ1) is 8.20. The van der Waals surface area contributed by atoms with E-state index in [1.807, 2.05) is 25.1 Å². The van der Waals surface area contributed by atoms with E-state index in [9.17, 15) is 5.11 Å². The van der Waals surface area contributed by atoms with Crippen molar-refractivity contribution in [3.05, 3.63) is 53.3 Å². The van der Waals surface area contributed by atoms with E-state index in [4.69, 9.17) is 4.74 Å². The predicted octanol–water partition coefficient (Wildman–Crippen LogP) is 2.98. The molecule has 0 aliphatic carbocycles. The molecular weight excluding hydrogens is 214 g/mol. The Balaban J connectivity index is 2.28. The average Bonchev–Trinajstić information content (AvgIpc) is 2.34. The maximum atomic E-state index is 9.18. The normalized spacial score (nSPS) is 10.3. The van der Waals surface area contributed by atoms with Crippen LogP contribution in [-0.4, -0.2) is 10.1 Å². The topological polar surface area (TPSA) is 42.4 Å². The molecule has 1 aromatic heterocycles. The standard InChI is InChI=1S/C14H15NO2/c1-10-3-4-13(7-11(10)2)17-14-5-6-15-8-12(14)9-16/h3-8,16H,9H2,1-2H3. The van der Waals surface area contributed by atoms with E-state index in [2.05, 4.69) is 11.9 Å². The quantitative estimate of drug-likeness (QED) is 0.879. The van der Waals surface area contributed by atoms with E-state index in [1.165, 1.54) is 11.1 Å². The molecule has 0 saturated carbocycles. The van der Waals surface area contributed by atoms with Crippen molar-refractivity contribution >= 4 is 0 Å². The highest BCUT2D eigenvalue weighted by atomic mass is 16.5. The Hall–Kier alpha value is -1.87. The van der Waals surface area contributed by atoms with Gasteiger partial charge >= 0.3 is 0 Å². The van der Waals surface area contributed by atoms with E-state index in [0.29, 0.717) is 11.3 Å². The molecule has 88 valence electrons. The first-order valence-electron chi connectivity index (χ1n) is 5.49. The molecule has 0 fully saturated rings. The number of aliphatic hydroxyl groups excluding tert-OH is 1. The molecule has 0 amide bonds. The van der Waals surface area contributed by atoms with E-state index >= 15 is 0 Å². The predicted molar refractivity (Wildman–Crippen MR) is 66.1 cm³/mol. The Labute approximate surface area is 101 Å². The molecule has 2 aromatic rings. The van der Waals surface area contributed by atoms with Crippen molar-refractivity contribution in [2.45, 2.75) is 20.5 Å². The number of nitrogens with zero attached hydrogens (tertiary/aromatic N) is 1. The molecule has 0 bridgehead atoms. The van der Waals surface area contributed by atoms with Gasteiger partial charge in [0.15, 0.2) is 0 Å². The van der Waals surface area contributed by atoms with Gasteiger partial charge in [-0.15, -0.1) is 0 Å². The summed E-state index contributed by atoms with van der Waals surface area (Å²) in [5.74, 6) is 1.42. The van der Waals surface area contributed by atoms with Gasteiger partial charge in [0.05, 0.1) is 6.61 Å². The van der Waals surface area contributed by atoms with E-state index in [0.717, 1.165) is 5.75 Å². The lowest BCUT2D eigenvalue weighted by molar-refractivity contribution is 0.276. The fraction of sp³-hybridized carbons (Fsp3) is 0.214. The first-order valence-corrected chi connectivity index (χ1v) is 5.49. The smallest absolute Gasteiger partial charge is 0.136 e. The summed E-state index contributed by atoms with van der Waals surface area (Å²) >= 11 is 0. The fourth-order valence-corrected chi connectivity index (χ4v) is 1.54. The Morgan fingerprint density at radius 2 is 2.00 bits per heavy atom. The zero-order chi connectivity index (χ0) is 12.3. The minimum atomic E-state index is -0.0754. The van der Waals surface area contributed by atoms with Crippen LogP contribution >= 0.6 is 0 Å². The number of benzene rings is 1. The van der Waals surface area contributed by atoms with Crippen molar-refractivity contribution in [3.63, 3.8) is 0 Å². The van der Waals surface area contributed by atoms with Crippen LogP contribution in [0.25, 0.3) is 0 Å². The van der Waals surface area contributed by atoms with E-state index in [1.54, 1.807) is 18.5 Å². The number of hydrogen-bond acceptors (Lipinski definition) is 3. The molecule has 1 N–H and O–H groups in total. The van der Waals surface area contributed by atoms with Gasteiger partial charge in [0.25, 0.3) is 0 Å². The second-order valence-electron chi connectivity index (χ2n) is 3.99. The lowest BCUT2D eigenvalue weighted by atomic mass is 10.1. The van der Waals surface area contributed by atoms with Gasteiger partial charge in [-0.05, 0) is 43.2 Å². The zero-order valence-electron chi connectivity index (χ0n) is 9.97. The monoisotopic (exact) mass is 229 g/mol. The summed E-state index contributed by atoms with van der Waals surface area (Å²) in [6.07, 6.45) is 3.26. The second-order valence-corrected chi connectivity index (χ2v) is 3.99. The van der Waals surface area contributed by atoms with E-state index < -0.39 is 0 Å². The third kappa shape index (κ3) is 2.63. The van der Waals surface area contributed by atoms with Gasteiger partial charge in [0, 0.05) is 18.0 Å². The Morgan fingerprint density at radius 1 is 1.18 bits per heavy atom. The molecule has 1 aromatic carbocycles. The van der Waals surface area contributed by atoms with Crippen molar-refractivity contribution in [2.24, 2.45) is 0 Å². The number of rotatable bonds is 3. The van der Waals surface area contributed by atoms with Gasteiger partial charge in [-0.1, -0.05) is 6.07 Å².